The third-order valence-corrected chi connectivity index (χ3v) is 4.87. The van der Waals surface area contributed by atoms with Gasteiger partial charge in [-0.15, -0.1) is 0 Å². The molecule has 8 heteroatoms. The summed E-state index contributed by atoms with van der Waals surface area (Å²) in [5.41, 5.74) is 0.00877. The van der Waals surface area contributed by atoms with E-state index in [4.69, 9.17) is 9.47 Å². The standard InChI is InChI=1S/C17H23N3O5/c1-24-12-6-7-13(15(10-12)20(22)23)18-17(21)11-19-8-9-25-16-5-3-2-4-14(16)19/h6-7,10,14,16H,2-5,8-9,11H2,1H3,(H,18,21). The van der Waals surface area contributed by atoms with Crippen molar-refractivity contribution in [1.29, 1.82) is 0 Å². The fraction of sp³-hybridized carbons (Fsp3) is 0.588. The molecule has 2 atom stereocenters. The lowest BCUT2D eigenvalue weighted by Gasteiger charge is -2.43. The molecule has 8 nitrogen and oxygen atoms in total. The van der Waals surface area contributed by atoms with Gasteiger partial charge in [0.1, 0.15) is 11.4 Å². The van der Waals surface area contributed by atoms with Crippen LogP contribution >= 0.6 is 0 Å². The van der Waals surface area contributed by atoms with Gasteiger partial charge in [0.2, 0.25) is 5.91 Å². The summed E-state index contributed by atoms with van der Waals surface area (Å²) in [6.07, 6.45) is 4.57. The van der Waals surface area contributed by atoms with Crippen molar-refractivity contribution in [3.63, 3.8) is 0 Å². The van der Waals surface area contributed by atoms with E-state index in [1.165, 1.54) is 25.7 Å². The van der Waals surface area contributed by atoms with Crippen molar-refractivity contribution >= 4 is 17.3 Å². The van der Waals surface area contributed by atoms with Gasteiger partial charge in [-0.3, -0.25) is 19.8 Å². The van der Waals surface area contributed by atoms with E-state index >= 15 is 0 Å². The molecule has 2 aliphatic rings. The molecule has 1 N–H and O–H groups in total. The average Bonchev–Trinajstić information content (AvgIpc) is 2.62. The Morgan fingerprint density at radius 2 is 2.24 bits per heavy atom. The van der Waals surface area contributed by atoms with E-state index in [-0.39, 0.29) is 36.0 Å². The lowest BCUT2D eigenvalue weighted by molar-refractivity contribution is -0.384. The number of methoxy groups -OCH3 is 1. The molecule has 1 aromatic carbocycles. The van der Waals surface area contributed by atoms with Crippen molar-refractivity contribution in [2.75, 3.05) is 32.1 Å². The lowest BCUT2D eigenvalue weighted by Crippen LogP contribution is -2.54. The Hall–Kier alpha value is -2.19. The Labute approximate surface area is 146 Å². The number of carbonyl (C=O) groups excluding carboxylic acids is 1. The van der Waals surface area contributed by atoms with Gasteiger partial charge in [0.15, 0.2) is 0 Å². The van der Waals surface area contributed by atoms with Crippen LogP contribution < -0.4 is 10.1 Å². The molecule has 2 fully saturated rings. The van der Waals surface area contributed by atoms with Crippen LogP contribution in [0.3, 0.4) is 0 Å². The Bertz CT molecular complexity index is 649. The van der Waals surface area contributed by atoms with Crippen LogP contribution in [0.25, 0.3) is 0 Å². The summed E-state index contributed by atoms with van der Waals surface area (Å²) in [4.78, 5) is 25.3. The molecule has 1 saturated carbocycles. The van der Waals surface area contributed by atoms with Gasteiger partial charge in [-0.25, -0.2) is 0 Å². The van der Waals surface area contributed by atoms with E-state index in [1.807, 2.05) is 0 Å². The molecule has 2 unspecified atom stereocenters. The van der Waals surface area contributed by atoms with E-state index in [0.29, 0.717) is 18.9 Å². The third kappa shape index (κ3) is 4.08. The first-order chi connectivity index (χ1) is 12.1. The number of nitrogens with one attached hydrogen (secondary N) is 1. The predicted molar refractivity (Wildman–Crippen MR) is 91.8 cm³/mol. The highest BCUT2D eigenvalue weighted by Gasteiger charge is 2.35. The molecule has 1 aliphatic heterocycles. The van der Waals surface area contributed by atoms with Crippen molar-refractivity contribution in [3.05, 3.63) is 28.3 Å². The molecule has 136 valence electrons. The van der Waals surface area contributed by atoms with Crippen molar-refractivity contribution in [2.45, 2.75) is 37.8 Å². The number of carbonyl (C=O) groups is 1. The van der Waals surface area contributed by atoms with E-state index < -0.39 is 4.92 Å². The Balaban J connectivity index is 1.67. The maximum absolute atomic E-state index is 12.4. The van der Waals surface area contributed by atoms with Crippen LogP contribution in [0.15, 0.2) is 18.2 Å². The van der Waals surface area contributed by atoms with E-state index in [2.05, 4.69) is 10.2 Å². The zero-order valence-corrected chi connectivity index (χ0v) is 14.3. The number of nitro benzene ring substituents is 1. The number of hydrogen-bond donors (Lipinski definition) is 1. The zero-order valence-electron chi connectivity index (χ0n) is 14.3. The van der Waals surface area contributed by atoms with Crippen LogP contribution in [0.2, 0.25) is 0 Å². The van der Waals surface area contributed by atoms with Crippen LogP contribution in [0.1, 0.15) is 25.7 Å². The highest BCUT2D eigenvalue weighted by molar-refractivity contribution is 5.94. The van der Waals surface area contributed by atoms with Crippen molar-refractivity contribution in [1.82, 2.24) is 4.90 Å². The predicted octanol–water partition coefficient (Wildman–Crippen LogP) is 2.19. The number of fused-ring (bicyclic) bond motifs is 1. The lowest BCUT2D eigenvalue weighted by atomic mass is 9.90. The Morgan fingerprint density at radius 3 is 3.00 bits per heavy atom. The Kier molecular flexibility index (Phi) is 5.50. The SMILES string of the molecule is COc1ccc(NC(=O)CN2CCOC3CCCCC32)c([N+](=O)[O-])c1. The summed E-state index contributed by atoms with van der Waals surface area (Å²) in [7, 11) is 1.44. The number of morpholine rings is 1. The van der Waals surface area contributed by atoms with Gasteiger partial charge < -0.3 is 14.8 Å². The first-order valence-electron chi connectivity index (χ1n) is 8.56. The minimum absolute atomic E-state index is 0.176. The van der Waals surface area contributed by atoms with E-state index in [1.54, 1.807) is 6.07 Å². The smallest absolute Gasteiger partial charge is 0.296 e. The van der Waals surface area contributed by atoms with Crippen LogP contribution in [0.5, 0.6) is 5.75 Å². The highest BCUT2D eigenvalue weighted by atomic mass is 16.6. The summed E-state index contributed by atoms with van der Waals surface area (Å²) in [5.74, 6) is 0.127. The summed E-state index contributed by atoms with van der Waals surface area (Å²) in [6, 6.07) is 4.66. The minimum atomic E-state index is -0.524. The van der Waals surface area contributed by atoms with E-state index in [0.717, 1.165) is 19.3 Å². The minimum Gasteiger partial charge on any atom is -0.496 e. The van der Waals surface area contributed by atoms with Crippen molar-refractivity contribution in [2.24, 2.45) is 0 Å². The zero-order chi connectivity index (χ0) is 17.8. The molecule has 1 saturated heterocycles. The van der Waals surface area contributed by atoms with Gasteiger partial charge in [-0.2, -0.15) is 0 Å². The van der Waals surface area contributed by atoms with Gasteiger partial charge in [0.25, 0.3) is 5.69 Å². The fourth-order valence-corrected chi connectivity index (χ4v) is 3.64. The van der Waals surface area contributed by atoms with Crippen LogP contribution in [-0.4, -0.2) is 54.7 Å². The summed E-state index contributed by atoms with van der Waals surface area (Å²) in [5, 5.41) is 13.9. The summed E-state index contributed by atoms with van der Waals surface area (Å²) < 4.78 is 10.8. The molecule has 0 spiro atoms. The second kappa shape index (κ2) is 7.79. The summed E-state index contributed by atoms with van der Waals surface area (Å²) in [6.45, 7) is 1.55. The van der Waals surface area contributed by atoms with Crippen LogP contribution in [-0.2, 0) is 9.53 Å². The number of rotatable bonds is 5. The Morgan fingerprint density at radius 1 is 1.44 bits per heavy atom. The third-order valence-electron chi connectivity index (χ3n) is 4.87. The number of anilines is 1. The number of amides is 1. The summed E-state index contributed by atoms with van der Waals surface area (Å²) >= 11 is 0. The molecule has 25 heavy (non-hydrogen) atoms. The molecule has 1 amide bonds. The molecular formula is C17H23N3O5. The quantitative estimate of drug-likeness (QED) is 0.647. The average molecular weight is 349 g/mol. The fourth-order valence-electron chi connectivity index (χ4n) is 3.64. The van der Waals surface area contributed by atoms with Crippen molar-refractivity contribution in [3.8, 4) is 5.75 Å². The van der Waals surface area contributed by atoms with E-state index in [9.17, 15) is 14.9 Å². The molecule has 1 heterocycles. The number of benzene rings is 1. The molecule has 3 rings (SSSR count). The number of ether oxygens (including phenoxy) is 2. The normalized spacial score (nSPS) is 23.6. The number of nitrogens with zero attached hydrogens (tertiary/aromatic N) is 2. The molecule has 1 aliphatic carbocycles. The topological polar surface area (TPSA) is 93.9 Å². The monoisotopic (exact) mass is 349 g/mol. The van der Waals surface area contributed by atoms with Gasteiger partial charge >= 0.3 is 0 Å². The number of nitro groups is 1. The molecule has 0 radical (unpaired) electrons. The molecular weight excluding hydrogens is 326 g/mol. The van der Waals surface area contributed by atoms with Gasteiger partial charge in [0.05, 0.1) is 37.4 Å². The maximum Gasteiger partial charge on any atom is 0.296 e. The highest BCUT2D eigenvalue weighted by Crippen LogP contribution is 2.30. The van der Waals surface area contributed by atoms with Gasteiger partial charge in [0, 0.05) is 12.6 Å². The second-order valence-electron chi connectivity index (χ2n) is 6.42. The maximum atomic E-state index is 12.4. The molecule has 0 aromatic heterocycles. The van der Waals surface area contributed by atoms with Gasteiger partial charge in [-0.05, 0) is 25.0 Å². The van der Waals surface area contributed by atoms with Crippen LogP contribution in [0.4, 0.5) is 11.4 Å². The number of hydrogen-bond acceptors (Lipinski definition) is 6. The van der Waals surface area contributed by atoms with Crippen LogP contribution in [0, 0.1) is 10.1 Å². The first-order valence-corrected chi connectivity index (χ1v) is 8.56. The largest absolute Gasteiger partial charge is 0.496 e. The first kappa shape index (κ1) is 17.6. The molecule has 0 bridgehead atoms. The molecule has 1 aromatic rings. The van der Waals surface area contributed by atoms with Crippen molar-refractivity contribution < 1.29 is 19.2 Å². The van der Waals surface area contributed by atoms with Gasteiger partial charge in [-0.1, -0.05) is 12.8 Å². The second-order valence-corrected chi connectivity index (χ2v) is 6.42.